The number of anilines is 2. The van der Waals surface area contributed by atoms with E-state index in [-0.39, 0.29) is 22.9 Å². The van der Waals surface area contributed by atoms with Crippen molar-refractivity contribution in [1.82, 2.24) is 0 Å². The molecule has 0 fully saturated rings. The van der Waals surface area contributed by atoms with E-state index in [1.165, 1.54) is 0 Å². The van der Waals surface area contributed by atoms with Gasteiger partial charge in [0.1, 0.15) is 0 Å². The number of nitrogens with zero attached hydrogens (tertiary/aromatic N) is 1. The van der Waals surface area contributed by atoms with Gasteiger partial charge in [-0.15, -0.1) is 0 Å². The normalized spacial score (nSPS) is 10.3. The molecular weight excluding hydrogens is 264 g/mol. The number of nitrogens with two attached hydrogens (primary N) is 1. The Labute approximate surface area is 124 Å². The average molecular weight is 284 g/mol. The van der Waals surface area contributed by atoms with Crippen molar-refractivity contribution >= 4 is 17.3 Å². The van der Waals surface area contributed by atoms with Gasteiger partial charge in [0.25, 0.3) is 5.91 Å². The fraction of sp³-hybridized carbons (Fsp3) is 0.235. The number of phenols is 1. The van der Waals surface area contributed by atoms with Gasteiger partial charge in [-0.05, 0) is 30.7 Å². The quantitative estimate of drug-likeness (QED) is 0.653. The maximum atomic E-state index is 12.7. The summed E-state index contributed by atoms with van der Waals surface area (Å²) >= 11 is 0. The number of benzene rings is 2. The summed E-state index contributed by atoms with van der Waals surface area (Å²) in [5, 5.41) is 10.0. The van der Waals surface area contributed by atoms with Crippen molar-refractivity contribution in [2.45, 2.75) is 19.8 Å². The summed E-state index contributed by atoms with van der Waals surface area (Å²) in [5.41, 5.74) is 6.94. The topological polar surface area (TPSA) is 66.6 Å². The molecule has 0 unspecified atom stereocenters. The molecule has 0 aliphatic heterocycles. The maximum Gasteiger partial charge on any atom is 0.262 e. The van der Waals surface area contributed by atoms with Crippen LogP contribution < -0.4 is 10.6 Å². The van der Waals surface area contributed by atoms with Gasteiger partial charge in [0.2, 0.25) is 0 Å². The van der Waals surface area contributed by atoms with Crippen LogP contribution in [0.3, 0.4) is 0 Å². The predicted octanol–water partition coefficient (Wildman–Crippen LogP) is 3.42. The molecule has 0 aliphatic carbocycles. The Hall–Kier alpha value is -2.49. The van der Waals surface area contributed by atoms with E-state index in [1.807, 2.05) is 30.3 Å². The van der Waals surface area contributed by atoms with E-state index >= 15 is 0 Å². The average Bonchev–Trinajstić information content (AvgIpc) is 2.51. The van der Waals surface area contributed by atoms with Gasteiger partial charge >= 0.3 is 0 Å². The number of carbonyl (C=O) groups excluding carboxylic acids is 1. The Morgan fingerprint density at radius 2 is 1.86 bits per heavy atom. The first-order valence-electron chi connectivity index (χ1n) is 7.09. The molecule has 0 aromatic heterocycles. The summed E-state index contributed by atoms with van der Waals surface area (Å²) in [4.78, 5) is 14.4. The summed E-state index contributed by atoms with van der Waals surface area (Å²) in [6.07, 6.45) is 1.88. The zero-order valence-electron chi connectivity index (χ0n) is 12.1. The number of hydrogen-bond acceptors (Lipinski definition) is 3. The molecule has 1 amide bonds. The zero-order valence-corrected chi connectivity index (χ0v) is 12.1. The Morgan fingerprint density at radius 3 is 2.52 bits per heavy atom. The molecular formula is C17H20N2O2. The van der Waals surface area contributed by atoms with Crippen molar-refractivity contribution in [2.75, 3.05) is 17.2 Å². The van der Waals surface area contributed by atoms with Gasteiger partial charge < -0.3 is 15.7 Å². The van der Waals surface area contributed by atoms with Crippen molar-refractivity contribution in [3.05, 3.63) is 54.1 Å². The molecule has 0 atom stereocenters. The molecule has 2 rings (SSSR count). The Morgan fingerprint density at radius 1 is 1.14 bits per heavy atom. The molecule has 0 radical (unpaired) electrons. The second-order valence-electron chi connectivity index (χ2n) is 4.89. The number of hydrogen-bond donors (Lipinski definition) is 2. The molecule has 3 N–H and O–H groups in total. The summed E-state index contributed by atoms with van der Waals surface area (Å²) in [6.45, 7) is 2.68. The fourth-order valence-electron chi connectivity index (χ4n) is 2.15. The van der Waals surface area contributed by atoms with E-state index in [2.05, 4.69) is 6.92 Å². The molecule has 0 aliphatic rings. The number of para-hydroxylation sites is 2. The monoisotopic (exact) mass is 284 g/mol. The Balaban J connectivity index is 2.36. The van der Waals surface area contributed by atoms with E-state index in [4.69, 9.17) is 5.73 Å². The summed E-state index contributed by atoms with van der Waals surface area (Å²) in [5.74, 6) is -0.389. The largest absolute Gasteiger partial charge is 0.505 e. The second kappa shape index (κ2) is 6.79. The van der Waals surface area contributed by atoms with Crippen LogP contribution >= 0.6 is 0 Å². The summed E-state index contributed by atoms with van der Waals surface area (Å²) in [7, 11) is 0. The molecule has 2 aromatic carbocycles. The van der Waals surface area contributed by atoms with Crippen molar-refractivity contribution in [1.29, 1.82) is 0 Å². The van der Waals surface area contributed by atoms with Crippen LogP contribution in [-0.4, -0.2) is 17.6 Å². The molecule has 4 heteroatoms. The highest BCUT2D eigenvalue weighted by Gasteiger charge is 2.20. The molecule has 0 spiro atoms. The lowest BCUT2D eigenvalue weighted by Gasteiger charge is -2.23. The van der Waals surface area contributed by atoms with E-state index in [0.29, 0.717) is 6.54 Å². The first-order chi connectivity index (χ1) is 10.1. The smallest absolute Gasteiger partial charge is 0.262 e. The van der Waals surface area contributed by atoms with E-state index in [0.717, 1.165) is 18.5 Å². The number of unbranched alkanes of at least 4 members (excludes halogenated alkanes) is 1. The number of nitrogen functional groups attached to an aromatic ring is 1. The van der Waals surface area contributed by atoms with Gasteiger partial charge in [0, 0.05) is 12.2 Å². The van der Waals surface area contributed by atoms with Gasteiger partial charge in [-0.2, -0.15) is 0 Å². The highest BCUT2D eigenvalue weighted by atomic mass is 16.3. The molecule has 0 saturated heterocycles. The number of aromatic hydroxyl groups is 1. The minimum atomic E-state index is -0.237. The summed E-state index contributed by atoms with van der Waals surface area (Å²) in [6, 6.07) is 14.3. The lowest BCUT2D eigenvalue weighted by Crippen LogP contribution is -2.32. The number of phenolic OH excluding ortho intramolecular Hbond substituents is 1. The highest BCUT2D eigenvalue weighted by Crippen LogP contribution is 2.27. The van der Waals surface area contributed by atoms with Crippen LogP contribution in [-0.2, 0) is 0 Å². The number of amides is 1. The minimum Gasteiger partial charge on any atom is -0.505 e. The van der Waals surface area contributed by atoms with Gasteiger partial charge in [0.15, 0.2) is 5.75 Å². The Kier molecular flexibility index (Phi) is 4.82. The van der Waals surface area contributed by atoms with Gasteiger partial charge in [0.05, 0.1) is 11.3 Å². The first kappa shape index (κ1) is 14.9. The lowest BCUT2D eigenvalue weighted by molar-refractivity contribution is 0.0984. The van der Waals surface area contributed by atoms with Crippen LogP contribution in [0.2, 0.25) is 0 Å². The van der Waals surface area contributed by atoms with E-state index < -0.39 is 0 Å². The van der Waals surface area contributed by atoms with E-state index in [1.54, 1.807) is 23.1 Å². The number of carbonyl (C=O) groups is 1. The highest BCUT2D eigenvalue weighted by molar-refractivity contribution is 6.08. The Bertz CT molecular complexity index is 611. The third-order valence-electron chi connectivity index (χ3n) is 3.35. The maximum absolute atomic E-state index is 12.7. The van der Waals surface area contributed by atoms with Crippen molar-refractivity contribution in [2.24, 2.45) is 0 Å². The predicted molar refractivity (Wildman–Crippen MR) is 85.5 cm³/mol. The zero-order chi connectivity index (χ0) is 15.2. The van der Waals surface area contributed by atoms with Crippen LogP contribution in [0.1, 0.15) is 30.1 Å². The molecule has 0 saturated carbocycles. The number of rotatable bonds is 5. The van der Waals surface area contributed by atoms with Crippen molar-refractivity contribution in [3.63, 3.8) is 0 Å². The van der Waals surface area contributed by atoms with Crippen molar-refractivity contribution < 1.29 is 9.90 Å². The van der Waals surface area contributed by atoms with Crippen molar-refractivity contribution in [3.8, 4) is 5.75 Å². The molecule has 21 heavy (non-hydrogen) atoms. The molecule has 4 nitrogen and oxygen atoms in total. The van der Waals surface area contributed by atoms with Crippen LogP contribution in [0.15, 0.2) is 48.5 Å². The van der Waals surface area contributed by atoms with Crippen LogP contribution in [0.25, 0.3) is 0 Å². The van der Waals surface area contributed by atoms with Gasteiger partial charge in [-0.1, -0.05) is 37.6 Å². The molecule has 0 bridgehead atoms. The lowest BCUT2D eigenvalue weighted by atomic mass is 10.1. The third-order valence-corrected chi connectivity index (χ3v) is 3.35. The molecule has 110 valence electrons. The summed E-state index contributed by atoms with van der Waals surface area (Å²) < 4.78 is 0. The van der Waals surface area contributed by atoms with E-state index in [9.17, 15) is 9.90 Å². The molecule has 2 aromatic rings. The SMILES string of the molecule is CCCCN(C(=O)c1cccc(N)c1O)c1ccccc1. The van der Waals surface area contributed by atoms with Gasteiger partial charge in [-0.3, -0.25) is 4.79 Å². The molecule has 0 heterocycles. The standard InChI is InChI=1S/C17H20N2O2/c1-2-3-12-19(13-8-5-4-6-9-13)17(21)14-10-7-11-15(18)16(14)20/h4-11,20H,2-3,12,18H2,1H3. The van der Waals surface area contributed by atoms with Crippen LogP contribution in [0, 0.1) is 0 Å². The third kappa shape index (κ3) is 3.34. The van der Waals surface area contributed by atoms with Crippen LogP contribution in [0.5, 0.6) is 5.75 Å². The minimum absolute atomic E-state index is 0.153. The second-order valence-corrected chi connectivity index (χ2v) is 4.89. The van der Waals surface area contributed by atoms with Crippen LogP contribution in [0.4, 0.5) is 11.4 Å². The fourth-order valence-corrected chi connectivity index (χ4v) is 2.15. The van der Waals surface area contributed by atoms with Gasteiger partial charge in [-0.25, -0.2) is 0 Å². The first-order valence-corrected chi connectivity index (χ1v) is 7.09.